The number of aromatic hydroxyl groups is 2. The molecule has 5 N–H and O–H groups in total. The molecule has 196 valence electrons. The highest BCUT2D eigenvalue weighted by Gasteiger charge is 2.20. The number of carbonyl (C=O) groups is 2. The number of aliphatic hydroxyl groups excluding tert-OH is 2. The maximum atomic E-state index is 12.9. The topological polar surface area (TPSA) is 146 Å². The van der Waals surface area contributed by atoms with Gasteiger partial charge in [0.2, 0.25) is 5.91 Å². The average molecular weight is 638 g/mol. The maximum Gasteiger partial charge on any atom is 0.259 e. The van der Waals surface area contributed by atoms with E-state index in [2.05, 4.69) is 42.4 Å². The predicted molar refractivity (Wildman–Crippen MR) is 148 cm³/mol. The molecule has 0 saturated carbocycles. The van der Waals surface area contributed by atoms with Crippen LogP contribution in [-0.2, 0) is 9.59 Å². The van der Waals surface area contributed by atoms with Crippen molar-refractivity contribution >= 4 is 66.3 Å². The number of amides is 2. The van der Waals surface area contributed by atoms with Crippen molar-refractivity contribution in [1.82, 2.24) is 10.3 Å². The minimum absolute atomic E-state index is 0.0582. The first-order valence-electron chi connectivity index (χ1n) is 11.2. The molecule has 0 unspecified atom stereocenters. The Balaban J connectivity index is 1.80. The fourth-order valence-corrected chi connectivity index (χ4v) is 4.73. The molecule has 0 spiro atoms. The van der Waals surface area contributed by atoms with Crippen LogP contribution in [-0.4, -0.2) is 82.7 Å². The van der Waals surface area contributed by atoms with Crippen LogP contribution in [0.3, 0.4) is 0 Å². The molecule has 0 radical (unpaired) electrons. The molecule has 0 aliphatic rings. The third kappa shape index (κ3) is 7.41. The highest BCUT2D eigenvalue weighted by atomic mass is 79.9. The molecule has 0 saturated heterocycles. The van der Waals surface area contributed by atoms with Crippen molar-refractivity contribution in [3.63, 3.8) is 0 Å². The molecule has 3 aromatic carbocycles. The molecule has 10 nitrogen and oxygen atoms in total. The van der Waals surface area contributed by atoms with Crippen molar-refractivity contribution in [3.8, 4) is 11.5 Å². The van der Waals surface area contributed by atoms with E-state index >= 15 is 0 Å². The zero-order chi connectivity index (χ0) is 26.9. The van der Waals surface area contributed by atoms with Crippen LogP contribution in [0.5, 0.6) is 11.5 Å². The number of hydrazone groups is 1. The van der Waals surface area contributed by atoms with Crippen LogP contribution in [0.4, 0.5) is 5.69 Å². The molecule has 12 heteroatoms. The second-order valence-corrected chi connectivity index (χ2v) is 9.61. The molecular weight excluding hydrogens is 612 g/mol. The smallest absolute Gasteiger partial charge is 0.259 e. The molecule has 2 amide bonds. The number of anilines is 1. The Hall–Kier alpha value is -3.19. The Kier molecular flexibility index (Phi) is 10.3. The first kappa shape index (κ1) is 28.4. The van der Waals surface area contributed by atoms with Gasteiger partial charge in [-0.1, -0.05) is 30.3 Å². The molecule has 0 fully saturated rings. The average Bonchev–Trinajstić information content (AvgIpc) is 2.89. The molecule has 37 heavy (non-hydrogen) atoms. The van der Waals surface area contributed by atoms with Gasteiger partial charge in [-0.05, 0) is 60.8 Å². The number of halogens is 2. The van der Waals surface area contributed by atoms with Crippen LogP contribution >= 0.6 is 31.9 Å². The second kappa shape index (κ2) is 13.4. The number of nitrogens with zero attached hydrogens (tertiary/aromatic N) is 3. The van der Waals surface area contributed by atoms with Gasteiger partial charge in [0.25, 0.3) is 5.91 Å². The van der Waals surface area contributed by atoms with E-state index in [1.165, 1.54) is 17.2 Å². The second-order valence-electron chi connectivity index (χ2n) is 7.97. The van der Waals surface area contributed by atoms with Gasteiger partial charge in [-0.15, -0.1) is 0 Å². The quantitative estimate of drug-likeness (QED) is 0.160. The summed E-state index contributed by atoms with van der Waals surface area (Å²) in [6.45, 7) is -0.789. The zero-order valence-corrected chi connectivity index (χ0v) is 22.8. The first-order chi connectivity index (χ1) is 17.7. The minimum Gasteiger partial charge on any atom is -0.506 e. The number of fused-ring (bicyclic) bond motifs is 1. The summed E-state index contributed by atoms with van der Waals surface area (Å²) in [5, 5.41) is 44.4. The molecule has 0 bridgehead atoms. The van der Waals surface area contributed by atoms with Gasteiger partial charge in [-0.2, -0.15) is 5.10 Å². The highest BCUT2D eigenvalue weighted by Crippen LogP contribution is 2.40. The van der Waals surface area contributed by atoms with Gasteiger partial charge in [-0.3, -0.25) is 9.59 Å². The van der Waals surface area contributed by atoms with Gasteiger partial charge < -0.3 is 30.2 Å². The molecule has 0 aliphatic heterocycles. The van der Waals surface area contributed by atoms with Gasteiger partial charge in [0, 0.05) is 24.3 Å². The van der Waals surface area contributed by atoms with Crippen LogP contribution in [0.25, 0.3) is 10.8 Å². The van der Waals surface area contributed by atoms with Crippen LogP contribution < -0.4 is 10.3 Å². The van der Waals surface area contributed by atoms with Crippen molar-refractivity contribution in [3.05, 3.63) is 63.0 Å². The van der Waals surface area contributed by atoms with Crippen molar-refractivity contribution in [2.24, 2.45) is 5.10 Å². The fourth-order valence-electron chi connectivity index (χ4n) is 3.58. The Morgan fingerprint density at radius 1 is 0.919 bits per heavy atom. The van der Waals surface area contributed by atoms with E-state index in [1.807, 2.05) is 36.4 Å². The maximum absolute atomic E-state index is 12.9. The fraction of sp³-hybridized carbons (Fsp3) is 0.240. The number of rotatable bonds is 11. The summed E-state index contributed by atoms with van der Waals surface area (Å²) in [7, 11) is 0. The summed E-state index contributed by atoms with van der Waals surface area (Å²) in [4.78, 5) is 28.6. The molecule has 3 aromatic rings. The van der Waals surface area contributed by atoms with E-state index in [4.69, 9.17) is 0 Å². The van der Waals surface area contributed by atoms with E-state index in [-0.39, 0.29) is 66.8 Å². The standard InChI is InChI=1S/C25H26Br2N4O6/c26-20-12-18(24(36)23(27)25(20)37)13-28-29-21(34)14-31(15-22(35)30(7-9-32)8-10-33)19-6-5-16-3-1-2-4-17(16)11-19/h1-6,11-13,32-33,36-37H,7-10,14-15H2,(H,29,34). The highest BCUT2D eigenvalue weighted by molar-refractivity contribution is 9.11. The van der Waals surface area contributed by atoms with E-state index in [0.717, 1.165) is 10.8 Å². The van der Waals surface area contributed by atoms with E-state index in [0.29, 0.717) is 10.2 Å². The van der Waals surface area contributed by atoms with Crippen molar-refractivity contribution in [2.45, 2.75) is 0 Å². The molecule has 0 atom stereocenters. The number of hydrogen-bond acceptors (Lipinski definition) is 8. The third-order valence-corrected chi connectivity index (χ3v) is 6.80. The number of nitrogens with one attached hydrogen (secondary N) is 1. The molecule has 0 aromatic heterocycles. The van der Waals surface area contributed by atoms with Gasteiger partial charge in [-0.25, -0.2) is 5.43 Å². The molecule has 0 aliphatic carbocycles. The molecular formula is C25H26Br2N4O6. The Bertz CT molecular complexity index is 1300. The van der Waals surface area contributed by atoms with Crippen LogP contribution in [0.2, 0.25) is 0 Å². The van der Waals surface area contributed by atoms with Gasteiger partial charge in [0.1, 0.15) is 16.0 Å². The lowest BCUT2D eigenvalue weighted by molar-refractivity contribution is -0.130. The van der Waals surface area contributed by atoms with Crippen molar-refractivity contribution < 1.29 is 30.0 Å². The summed E-state index contributed by atoms with van der Waals surface area (Å²) in [5.74, 6) is -1.32. The Morgan fingerprint density at radius 2 is 1.59 bits per heavy atom. The predicted octanol–water partition coefficient (Wildman–Crippen LogP) is 2.55. The van der Waals surface area contributed by atoms with Gasteiger partial charge in [0.15, 0.2) is 0 Å². The largest absolute Gasteiger partial charge is 0.506 e. The third-order valence-electron chi connectivity index (χ3n) is 5.44. The lowest BCUT2D eigenvalue weighted by Gasteiger charge is -2.28. The number of carbonyl (C=O) groups excluding carboxylic acids is 2. The number of phenolic OH excluding ortho intramolecular Hbond substituents is 2. The normalized spacial score (nSPS) is 11.1. The lowest BCUT2D eigenvalue weighted by atomic mass is 10.1. The summed E-state index contributed by atoms with van der Waals surface area (Å²) in [6.07, 6.45) is 1.22. The first-order valence-corrected chi connectivity index (χ1v) is 12.8. The summed E-state index contributed by atoms with van der Waals surface area (Å²) in [6, 6.07) is 14.7. The van der Waals surface area contributed by atoms with Gasteiger partial charge in [0.05, 0.1) is 37.0 Å². The van der Waals surface area contributed by atoms with Crippen molar-refractivity contribution in [1.29, 1.82) is 0 Å². The van der Waals surface area contributed by atoms with Crippen LogP contribution in [0.1, 0.15) is 5.56 Å². The summed E-state index contributed by atoms with van der Waals surface area (Å²) >= 11 is 6.25. The Morgan fingerprint density at radius 3 is 2.27 bits per heavy atom. The zero-order valence-electron chi connectivity index (χ0n) is 19.6. The van der Waals surface area contributed by atoms with E-state index in [9.17, 15) is 30.0 Å². The SMILES string of the molecule is O=C(CN(CC(=O)N(CCO)CCO)c1ccc2ccccc2c1)NN=Cc1cc(Br)c(O)c(Br)c1O. The number of hydrogen-bond donors (Lipinski definition) is 5. The van der Waals surface area contributed by atoms with Crippen LogP contribution in [0.15, 0.2) is 62.6 Å². The van der Waals surface area contributed by atoms with Gasteiger partial charge >= 0.3 is 0 Å². The molecule has 3 rings (SSSR count). The lowest BCUT2D eigenvalue weighted by Crippen LogP contribution is -2.45. The number of aliphatic hydroxyl groups is 2. The van der Waals surface area contributed by atoms with Crippen molar-refractivity contribution in [2.75, 3.05) is 44.3 Å². The monoisotopic (exact) mass is 636 g/mol. The summed E-state index contributed by atoms with van der Waals surface area (Å²) < 4.78 is 0.396. The van der Waals surface area contributed by atoms with Crippen LogP contribution in [0, 0.1) is 0 Å². The van der Waals surface area contributed by atoms with E-state index in [1.54, 1.807) is 11.0 Å². The molecule has 0 heterocycles. The Labute approximate surface area is 230 Å². The van der Waals surface area contributed by atoms with E-state index < -0.39 is 5.91 Å². The number of benzene rings is 3. The number of phenols is 2. The minimum atomic E-state index is -0.524. The summed E-state index contributed by atoms with van der Waals surface area (Å²) in [5.41, 5.74) is 3.25.